The molecule has 4 nitrogen and oxygen atoms in total. The maximum Gasteiger partial charge on any atom is 0.329 e. The minimum absolute atomic E-state index is 0.342. The second-order valence-corrected chi connectivity index (χ2v) is 5.16. The van der Waals surface area contributed by atoms with Crippen LogP contribution in [0.1, 0.15) is 28.8 Å². The lowest BCUT2D eigenvalue weighted by Crippen LogP contribution is -2.43. The Hall–Kier alpha value is -1.36. The van der Waals surface area contributed by atoms with Crippen molar-refractivity contribution in [2.75, 3.05) is 0 Å². The number of aryl methyl sites for hydroxylation is 1. The lowest BCUT2D eigenvalue weighted by atomic mass is 10.1. The number of carboxylic acids is 1. The predicted octanol–water partition coefficient (Wildman–Crippen LogP) is 2.10. The molecule has 1 aromatic carbocycles. The molecule has 1 saturated carbocycles. The van der Waals surface area contributed by atoms with E-state index in [1.165, 1.54) is 0 Å². The molecule has 0 spiro atoms. The predicted molar refractivity (Wildman–Crippen MR) is 65.9 cm³/mol. The number of amides is 1. The third kappa shape index (κ3) is 2.34. The van der Waals surface area contributed by atoms with Gasteiger partial charge in [-0.05, 0) is 37.5 Å². The Kier molecular flexibility index (Phi) is 2.95. The van der Waals surface area contributed by atoms with E-state index < -0.39 is 11.5 Å². The molecule has 0 aliphatic heterocycles. The van der Waals surface area contributed by atoms with Gasteiger partial charge in [-0.15, -0.1) is 0 Å². The summed E-state index contributed by atoms with van der Waals surface area (Å²) in [6, 6.07) is 5.20. The molecule has 0 unspecified atom stereocenters. The fourth-order valence-corrected chi connectivity index (χ4v) is 1.92. The zero-order chi connectivity index (χ0) is 12.6. The molecule has 90 valence electrons. The third-order valence-corrected chi connectivity index (χ3v) is 3.80. The summed E-state index contributed by atoms with van der Waals surface area (Å²) < 4.78 is 0.838. The van der Waals surface area contributed by atoms with Gasteiger partial charge < -0.3 is 10.4 Å². The van der Waals surface area contributed by atoms with Crippen LogP contribution in [0.5, 0.6) is 0 Å². The Balaban J connectivity index is 2.15. The quantitative estimate of drug-likeness (QED) is 0.898. The summed E-state index contributed by atoms with van der Waals surface area (Å²) in [5.41, 5.74) is 0.463. The first-order valence-electron chi connectivity index (χ1n) is 5.27. The number of benzene rings is 1. The normalized spacial score (nSPS) is 16.4. The van der Waals surface area contributed by atoms with Crippen LogP contribution in [0, 0.1) is 6.92 Å². The van der Waals surface area contributed by atoms with Gasteiger partial charge in [0, 0.05) is 10.0 Å². The Morgan fingerprint density at radius 3 is 2.53 bits per heavy atom. The van der Waals surface area contributed by atoms with Crippen molar-refractivity contribution in [3.8, 4) is 0 Å². The first-order valence-corrected chi connectivity index (χ1v) is 6.06. The highest BCUT2D eigenvalue weighted by atomic mass is 79.9. The molecule has 1 aliphatic carbocycles. The van der Waals surface area contributed by atoms with Crippen LogP contribution in [0.2, 0.25) is 0 Å². The van der Waals surface area contributed by atoms with Gasteiger partial charge in [-0.25, -0.2) is 4.79 Å². The van der Waals surface area contributed by atoms with Crippen LogP contribution in [-0.2, 0) is 4.79 Å². The first-order chi connectivity index (χ1) is 7.94. The highest BCUT2D eigenvalue weighted by molar-refractivity contribution is 9.10. The molecule has 2 N–H and O–H groups in total. The highest BCUT2D eigenvalue weighted by Crippen LogP contribution is 2.35. The maximum absolute atomic E-state index is 11.9. The number of carboxylic acid groups (broad SMARTS) is 1. The molecule has 5 heteroatoms. The van der Waals surface area contributed by atoms with Crippen LogP contribution >= 0.6 is 15.9 Å². The Bertz CT molecular complexity index is 495. The molecule has 1 amide bonds. The van der Waals surface area contributed by atoms with E-state index in [1.807, 2.05) is 13.0 Å². The molecular formula is C12H12BrNO3. The second-order valence-electron chi connectivity index (χ2n) is 4.31. The maximum atomic E-state index is 11.9. The molecular weight excluding hydrogens is 286 g/mol. The van der Waals surface area contributed by atoms with Crippen molar-refractivity contribution < 1.29 is 14.7 Å². The van der Waals surface area contributed by atoms with E-state index in [4.69, 9.17) is 5.11 Å². The molecule has 0 atom stereocenters. The summed E-state index contributed by atoms with van der Waals surface area (Å²) in [6.07, 6.45) is 1.00. The summed E-state index contributed by atoms with van der Waals surface area (Å²) in [7, 11) is 0. The van der Waals surface area contributed by atoms with E-state index in [1.54, 1.807) is 12.1 Å². The van der Waals surface area contributed by atoms with Gasteiger partial charge in [-0.1, -0.05) is 22.0 Å². The van der Waals surface area contributed by atoms with E-state index in [-0.39, 0.29) is 5.91 Å². The molecule has 1 aromatic rings. The van der Waals surface area contributed by atoms with Gasteiger partial charge in [0.05, 0.1) is 0 Å². The zero-order valence-electron chi connectivity index (χ0n) is 9.29. The van der Waals surface area contributed by atoms with Gasteiger partial charge in [0.25, 0.3) is 5.91 Å². The molecule has 0 radical (unpaired) electrons. The lowest BCUT2D eigenvalue weighted by molar-refractivity contribution is -0.140. The summed E-state index contributed by atoms with van der Waals surface area (Å²) >= 11 is 3.34. The smallest absolute Gasteiger partial charge is 0.329 e. The van der Waals surface area contributed by atoms with Crippen molar-refractivity contribution in [2.45, 2.75) is 25.3 Å². The zero-order valence-corrected chi connectivity index (χ0v) is 10.9. The Morgan fingerprint density at radius 1 is 1.41 bits per heavy atom. The number of nitrogens with one attached hydrogen (secondary N) is 1. The van der Waals surface area contributed by atoms with E-state index in [0.717, 1.165) is 10.0 Å². The minimum Gasteiger partial charge on any atom is -0.480 e. The van der Waals surface area contributed by atoms with Gasteiger partial charge in [-0.3, -0.25) is 4.79 Å². The molecule has 0 aromatic heterocycles. The average molecular weight is 298 g/mol. The van der Waals surface area contributed by atoms with Crippen LogP contribution in [0.4, 0.5) is 0 Å². The molecule has 1 fully saturated rings. The van der Waals surface area contributed by atoms with E-state index in [0.29, 0.717) is 18.4 Å². The van der Waals surface area contributed by atoms with Crippen molar-refractivity contribution >= 4 is 27.8 Å². The summed E-state index contributed by atoms with van der Waals surface area (Å²) in [4.78, 5) is 22.8. The van der Waals surface area contributed by atoms with Gasteiger partial charge in [-0.2, -0.15) is 0 Å². The number of carbonyl (C=O) groups is 2. The number of rotatable bonds is 3. The van der Waals surface area contributed by atoms with Gasteiger partial charge >= 0.3 is 5.97 Å². The number of aliphatic carboxylic acids is 1. The van der Waals surface area contributed by atoms with Crippen molar-refractivity contribution in [3.05, 3.63) is 33.8 Å². The molecule has 0 saturated heterocycles. The fourth-order valence-electron chi connectivity index (χ4n) is 1.54. The summed E-state index contributed by atoms with van der Waals surface area (Å²) in [5, 5.41) is 11.5. The van der Waals surface area contributed by atoms with Gasteiger partial charge in [0.15, 0.2) is 0 Å². The van der Waals surface area contributed by atoms with Crippen LogP contribution in [0.25, 0.3) is 0 Å². The van der Waals surface area contributed by atoms with Crippen molar-refractivity contribution in [3.63, 3.8) is 0 Å². The number of halogens is 1. The monoisotopic (exact) mass is 297 g/mol. The molecule has 17 heavy (non-hydrogen) atoms. The standard InChI is InChI=1S/C12H12BrNO3/c1-7-2-3-8(6-9(7)13)10(15)14-12(4-5-12)11(16)17/h2-3,6H,4-5H2,1H3,(H,14,15)(H,16,17). The number of hydrogen-bond donors (Lipinski definition) is 2. The SMILES string of the molecule is Cc1ccc(C(=O)NC2(C(=O)O)CC2)cc1Br. The number of hydrogen-bond acceptors (Lipinski definition) is 2. The Labute approximate surface area is 107 Å². The van der Waals surface area contributed by atoms with Crippen molar-refractivity contribution in [1.29, 1.82) is 0 Å². The topological polar surface area (TPSA) is 66.4 Å². The summed E-state index contributed by atoms with van der Waals surface area (Å²) in [6.45, 7) is 1.92. The lowest BCUT2D eigenvalue weighted by Gasteiger charge is -2.12. The van der Waals surface area contributed by atoms with Crippen LogP contribution < -0.4 is 5.32 Å². The Morgan fingerprint density at radius 2 is 2.06 bits per heavy atom. The second kappa shape index (κ2) is 4.14. The molecule has 1 aliphatic rings. The summed E-state index contributed by atoms with van der Waals surface area (Å²) in [5.74, 6) is -1.30. The van der Waals surface area contributed by atoms with Crippen molar-refractivity contribution in [1.82, 2.24) is 5.32 Å². The molecule has 0 bridgehead atoms. The van der Waals surface area contributed by atoms with E-state index >= 15 is 0 Å². The first kappa shape index (κ1) is 12.1. The number of carbonyl (C=O) groups excluding carboxylic acids is 1. The van der Waals surface area contributed by atoms with E-state index in [9.17, 15) is 9.59 Å². The van der Waals surface area contributed by atoms with Gasteiger partial charge in [0.1, 0.15) is 5.54 Å². The average Bonchev–Trinajstić information content (AvgIpc) is 3.03. The molecule has 0 heterocycles. The van der Waals surface area contributed by atoms with Crippen LogP contribution in [-0.4, -0.2) is 22.5 Å². The minimum atomic E-state index is -1.03. The van der Waals surface area contributed by atoms with Gasteiger partial charge in [0.2, 0.25) is 0 Å². The molecule has 2 rings (SSSR count). The van der Waals surface area contributed by atoms with Crippen LogP contribution in [0.3, 0.4) is 0 Å². The highest BCUT2D eigenvalue weighted by Gasteiger charge is 2.51. The van der Waals surface area contributed by atoms with Crippen LogP contribution in [0.15, 0.2) is 22.7 Å². The third-order valence-electron chi connectivity index (χ3n) is 2.95. The largest absolute Gasteiger partial charge is 0.480 e. The van der Waals surface area contributed by atoms with Crippen molar-refractivity contribution in [2.24, 2.45) is 0 Å². The van der Waals surface area contributed by atoms with E-state index in [2.05, 4.69) is 21.2 Å². The fraction of sp³-hybridized carbons (Fsp3) is 0.333.